The molecule has 4 nitrogen and oxygen atoms in total. The third-order valence-electron chi connectivity index (χ3n) is 4.11. The van der Waals surface area contributed by atoms with Gasteiger partial charge in [-0.25, -0.2) is 0 Å². The largest absolute Gasteiger partial charge is 0.350 e. The van der Waals surface area contributed by atoms with Crippen molar-refractivity contribution in [3.05, 3.63) is 62.1 Å². The average molecular weight is 432 g/mol. The number of nitrogens with one attached hydrogen (secondary N) is 1. The van der Waals surface area contributed by atoms with Gasteiger partial charge in [0.15, 0.2) is 0 Å². The van der Waals surface area contributed by atoms with Gasteiger partial charge in [0, 0.05) is 38.7 Å². The number of anilines is 1. The van der Waals surface area contributed by atoms with Crippen molar-refractivity contribution in [1.29, 1.82) is 0 Å². The minimum atomic E-state index is -0.622. The van der Waals surface area contributed by atoms with Crippen LogP contribution >= 0.6 is 46.4 Å². The lowest BCUT2D eigenvalue weighted by Crippen LogP contribution is -2.44. The first kappa shape index (κ1) is 19.3. The van der Waals surface area contributed by atoms with E-state index in [0.29, 0.717) is 32.2 Å². The molecule has 26 heavy (non-hydrogen) atoms. The number of carbonyl (C=O) groups is 2. The topological polar surface area (TPSA) is 49.4 Å². The van der Waals surface area contributed by atoms with Crippen LogP contribution in [0.2, 0.25) is 20.1 Å². The van der Waals surface area contributed by atoms with E-state index >= 15 is 0 Å². The van der Waals surface area contributed by atoms with Crippen molar-refractivity contribution in [2.75, 3.05) is 4.90 Å². The van der Waals surface area contributed by atoms with Crippen molar-refractivity contribution in [1.82, 2.24) is 5.32 Å². The molecule has 2 amide bonds. The van der Waals surface area contributed by atoms with E-state index in [1.807, 2.05) is 0 Å². The quantitative estimate of drug-likeness (QED) is 0.730. The number of benzene rings is 2. The molecule has 3 rings (SSSR count). The minimum absolute atomic E-state index is 0.145. The Balaban J connectivity index is 1.76. The van der Waals surface area contributed by atoms with E-state index in [1.165, 1.54) is 4.90 Å². The highest BCUT2D eigenvalue weighted by molar-refractivity contribution is 6.35. The summed E-state index contributed by atoms with van der Waals surface area (Å²) in [5, 5.41) is 4.62. The molecule has 0 bridgehead atoms. The molecule has 1 fully saturated rings. The second kappa shape index (κ2) is 8.05. The van der Waals surface area contributed by atoms with Gasteiger partial charge in [0.1, 0.15) is 6.04 Å². The molecule has 1 heterocycles. The maximum atomic E-state index is 12.7. The molecule has 136 valence electrons. The van der Waals surface area contributed by atoms with E-state index in [4.69, 9.17) is 46.4 Å². The van der Waals surface area contributed by atoms with E-state index in [-0.39, 0.29) is 24.8 Å². The fraction of sp³-hybridized carbons (Fsp3) is 0.222. The first-order valence-corrected chi connectivity index (χ1v) is 9.36. The predicted molar refractivity (Wildman–Crippen MR) is 105 cm³/mol. The summed E-state index contributed by atoms with van der Waals surface area (Å²) in [6.45, 7) is 0.240. The molecule has 0 radical (unpaired) electrons. The van der Waals surface area contributed by atoms with Crippen molar-refractivity contribution in [2.45, 2.75) is 25.4 Å². The lowest BCUT2D eigenvalue weighted by Gasteiger charge is -2.24. The van der Waals surface area contributed by atoms with Crippen LogP contribution in [-0.4, -0.2) is 17.9 Å². The Bertz CT molecular complexity index is 852. The SMILES string of the molecule is O=C(NCc1ccc(Cl)cc1Cl)[C@@H]1CCC(=O)N1c1cc(Cl)cc(Cl)c1. The van der Waals surface area contributed by atoms with Crippen LogP contribution in [-0.2, 0) is 16.1 Å². The molecule has 8 heteroatoms. The number of rotatable bonds is 4. The maximum Gasteiger partial charge on any atom is 0.243 e. The summed E-state index contributed by atoms with van der Waals surface area (Å²) in [6, 6.07) is 9.26. The molecule has 1 aliphatic heterocycles. The predicted octanol–water partition coefficient (Wildman–Crippen LogP) is 5.11. The van der Waals surface area contributed by atoms with Gasteiger partial charge in [0.05, 0.1) is 0 Å². The van der Waals surface area contributed by atoms with Gasteiger partial charge in [-0.05, 0) is 42.3 Å². The number of nitrogens with zero attached hydrogens (tertiary/aromatic N) is 1. The summed E-state index contributed by atoms with van der Waals surface area (Å²) < 4.78 is 0. The molecular weight excluding hydrogens is 418 g/mol. The van der Waals surface area contributed by atoms with Crippen LogP contribution in [0.4, 0.5) is 5.69 Å². The van der Waals surface area contributed by atoms with Crippen LogP contribution in [0.15, 0.2) is 36.4 Å². The van der Waals surface area contributed by atoms with Crippen LogP contribution in [0.25, 0.3) is 0 Å². The van der Waals surface area contributed by atoms with E-state index in [2.05, 4.69) is 5.32 Å². The lowest BCUT2D eigenvalue weighted by molar-refractivity contribution is -0.124. The van der Waals surface area contributed by atoms with Gasteiger partial charge >= 0.3 is 0 Å². The molecule has 2 aromatic rings. The van der Waals surface area contributed by atoms with E-state index in [9.17, 15) is 9.59 Å². The highest BCUT2D eigenvalue weighted by atomic mass is 35.5. The number of carbonyl (C=O) groups excluding carboxylic acids is 2. The smallest absolute Gasteiger partial charge is 0.243 e. The third-order valence-corrected chi connectivity index (χ3v) is 5.13. The molecular formula is C18H14Cl4N2O2. The summed E-state index contributed by atoms with van der Waals surface area (Å²) in [6.07, 6.45) is 0.701. The standard InChI is InChI=1S/C18H14Cl4N2O2/c19-11-2-1-10(15(22)8-11)9-23-18(26)16-3-4-17(25)24(16)14-6-12(20)5-13(21)7-14/h1-2,5-8,16H,3-4,9H2,(H,23,26)/t16-/m0/s1. The van der Waals surface area contributed by atoms with Gasteiger partial charge in [0.25, 0.3) is 0 Å². The highest BCUT2D eigenvalue weighted by Gasteiger charge is 2.37. The Morgan fingerprint density at radius 1 is 1.04 bits per heavy atom. The Morgan fingerprint density at radius 2 is 1.73 bits per heavy atom. The Morgan fingerprint density at radius 3 is 2.38 bits per heavy atom. The molecule has 0 aromatic heterocycles. The van der Waals surface area contributed by atoms with Gasteiger partial charge in [0.2, 0.25) is 11.8 Å². The monoisotopic (exact) mass is 430 g/mol. The van der Waals surface area contributed by atoms with Crippen LogP contribution < -0.4 is 10.2 Å². The molecule has 1 N–H and O–H groups in total. The molecule has 1 saturated heterocycles. The Hall–Kier alpha value is -1.46. The second-order valence-electron chi connectivity index (χ2n) is 5.90. The molecule has 1 atom stereocenters. The van der Waals surface area contributed by atoms with Crippen LogP contribution in [0, 0.1) is 0 Å². The number of hydrogen-bond acceptors (Lipinski definition) is 2. The second-order valence-corrected chi connectivity index (χ2v) is 7.62. The summed E-state index contributed by atoms with van der Waals surface area (Å²) >= 11 is 24.1. The highest BCUT2D eigenvalue weighted by Crippen LogP contribution is 2.31. The number of hydrogen-bond donors (Lipinski definition) is 1. The van der Waals surface area contributed by atoms with E-state index < -0.39 is 6.04 Å². The van der Waals surface area contributed by atoms with Crippen molar-refractivity contribution >= 4 is 63.9 Å². The zero-order valence-corrected chi connectivity index (χ0v) is 16.5. The normalized spacial score (nSPS) is 16.8. The van der Waals surface area contributed by atoms with Crippen LogP contribution in [0.1, 0.15) is 18.4 Å². The minimum Gasteiger partial charge on any atom is -0.350 e. The number of halogens is 4. The Labute approximate surface area is 171 Å². The molecule has 2 aromatic carbocycles. The Kier molecular flexibility index (Phi) is 5.98. The van der Waals surface area contributed by atoms with Gasteiger partial charge in [-0.15, -0.1) is 0 Å². The first-order chi connectivity index (χ1) is 12.3. The summed E-state index contributed by atoms with van der Waals surface area (Å²) in [5.41, 5.74) is 1.25. The van der Waals surface area contributed by atoms with Crippen molar-refractivity contribution < 1.29 is 9.59 Å². The first-order valence-electron chi connectivity index (χ1n) is 7.85. The molecule has 0 saturated carbocycles. The summed E-state index contributed by atoms with van der Waals surface area (Å²) in [4.78, 5) is 26.4. The summed E-state index contributed by atoms with van der Waals surface area (Å²) in [5.74, 6) is -0.411. The van der Waals surface area contributed by atoms with Gasteiger partial charge in [-0.1, -0.05) is 52.5 Å². The van der Waals surface area contributed by atoms with Crippen LogP contribution in [0.3, 0.4) is 0 Å². The lowest BCUT2D eigenvalue weighted by atomic mass is 10.1. The van der Waals surface area contributed by atoms with E-state index in [0.717, 1.165) is 5.56 Å². The van der Waals surface area contributed by atoms with Crippen LogP contribution in [0.5, 0.6) is 0 Å². The van der Waals surface area contributed by atoms with Gasteiger partial charge in [-0.2, -0.15) is 0 Å². The molecule has 0 spiro atoms. The fourth-order valence-corrected chi connectivity index (χ4v) is 3.89. The van der Waals surface area contributed by atoms with Crippen molar-refractivity contribution in [3.63, 3.8) is 0 Å². The zero-order valence-electron chi connectivity index (χ0n) is 13.4. The molecule has 0 aliphatic carbocycles. The van der Waals surface area contributed by atoms with Crippen molar-refractivity contribution in [2.24, 2.45) is 0 Å². The third kappa shape index (κ3) is 4.26. The summed E-state index contributed by atoms with van der Waals surface area (Å²) in [7, 11) is 0. The van der Waals surface area contributed by atoms with E-state index in [1.54, 1.807) is 36.4 Å². The fourth-order valence-electron chi connectivity index (χ4n) is 2.90. The molecule has 1 aliphatic rings. The van der Waals surface area contributed by atoms with Crippen molar-refractivity contribution in [3.8, 4) is 0 Å². The van der Waals surface area contributed by atoms with Gasteiger partial charge < -0.3 is 5.32 Å². The number of amides is 2. The zero-order chi connectivity index (χ0) is 18.8. The van der Waals surface area contributed by atoms with Gasteiger partial charge in [-0.3, -0.25) is 14.5 Å². The average Bonchev–Trinajstić information content (AvgIpc) is 2.94. The molecule has 0 unspecified atom stereocenters. The maximum absolute atomic E-state index is 12.7.